The Morgan fingerprint density at radius 1 is 1.24 bits per heavy atom. The van der Waals surface area contributed by atoms with Crippen LogP contribution in [0.15, 0.2) is 42.0 Å². The molecule has 1 radical (unpaired) electrons. The smallest absolute Gasteiger partial charge is 0.170 e. The van der Waals surface area contributed by atoms with E-state index in [1.807, 2.05) is 42.0 Å². The summed E-state index contributed by atoms with van der Waals surface area (Å²) in [5.41, 5.74) is 1.73. The van der Waals surface area contributed by atoms with Gasteiger partial charge in [-0.15, -0.1) is 23.8 Å². The van der Waals surface area contributed by atoms with Crippen molar-refractivity contribution in [2.75, 3.05) is 0 Å². The van der Waals surface area contributed by atoms with Gasteiger partial charge >= 0.3 is 0 Å². The summed E-state index contributed by atoms with van der Waals surface area (Å²) in [6, 6.07) is 13.5. The molecule has 0 aliphatic carbocycles. The van der Waals surface area contributed by atoms with Crippen LogP contribution in [0.3, 0.4) is 0 Å². The number of benzene rings is 2. The third kappa shape index (κ3) is 5.10. The van der Waals surface area contributed by atoms with Crippen LogP contribution in [0, 0.1) is 24.3 Å². The number of hydrogen-bond donors (Lipinski definition) is 1. The molecule has 0 aromatic heterocycles. The van der Waals surface area contributed by atoms with Crippen molar-refractivity contribution in [2.24, 2.45) is 0 Å². The van der Waals surface area contributed by atoms with Crippen LogP contribution in [0.2, 0.25) is 0 Å². The van der Waals surface area contributed by atoms with Gasteiger partial charge in [0.1, 0.15) is 0 Å². The molecular weight excluding hydrogens is 626 g/mol. The molecule has 0 unspecified atom stereocenters. The van der Waals surface area contributed by atoms with E-state index < -0.39 is 5.91 Å². The first-order valence-corrected chi connectivity index (χ1v) is 6.02. The average Bonchev–Trinajstić information content (AvgIpc) is 2.44. The topological polar surface area (TPSA) is 52.9 Å². The summed E-state index contributed by atoms with van der Waals surface area (Å²) in [5.74, 6) is -0.610. The van der Waals surface area contributed by atoms with Gasteiger partial charge in [0.25, 0.3) is 0 Å². The Morgan fingerprint density at radius 3 is 2.48 bits per heavy atom. The van der Waals surface area contributed by atoms with Gasteiger partial charge in [-0.05, 0) is 12.3 Å². The van der Waals surface area contributed by atoms with Crippen molar-refractivity contribution in [2.45, 2.75) is 6.92 Å². The first kappa shape index (κ1) is 20.1. The van der Waals surface area contributed by atoms with E-state index in [-0.39, 0.29) is 47.1 Å². The number of carbonyl (C=O) groups excluding carboxylic acids is 1. The second kappa shape index (κ2) is 9.19. The summed E-state index contributed by atoms with van der Waals surface area (Å²) >= 11 is 4.41. The van der Waals surface area contributed by atoms with Crippen LogP contribution in [0.4, 0.5) is 0 Å². The maximum atomic E-state index is 11.3. The minimum Gasteiger partial charge on any atom is -0.677 e. The van der Waals surface area contributed by atoms with E-state index in [4.69, 9.17) is 5.26 Å². The molecule has 1 amide bonds. The van der Waals surface area contributed by atoms with Crippen molar-refractivity contribution in [3.8, 4) is 6.07 Å². The van der Waals surface area contributed by atoms with E-state index in [9.17, 15) is 4.79 Å². The quantitative estimate of drug-likeness (QED) is 0.239. The molecule has 0 spiro atoms. The van der Waals surface area contributed by atoms with Gasteiger partial charge in [0.2, 0.25) is 0 Å². The van der Waals surface area contributed by atoms with Crippen LogP contribution in [0.5, 0.6) is 0 Å². The average molecular weight is 636 g/mol. The summed E-state index contributed by atoms with van der Waals surface area (Å²) < 4.78 is 2.00. The molecule has 6 heteroatoms. The number of amides is 1. The number of fused-ring (bicyclic) bond motifs is 1. The molecule has 0 aliphatic rings. The van der Waals surface area contributed by atoms with Crippen molar-refractivity contribution >= 4 is 29.5 Å². The minimum atomic E-state index is -0.610. The Hall–Kier alpha value is -0.899. The zero-order valence-corrected chi connectivity index (χ0v) is 17.5. The number of rotatable bonds is 2. The summed E-state index contributed by atoms with van der Waals surface area (Å²) in [5, 5.41) is 11.0. The Balaban J connectivity index is 0.00000200. The zero-order chi connectivity index (χ0) is 13.8. The first-order valence-electron chi connectivity index (χ1n) is 5.61. The molecule has 2 aromatic rings. The van der Waals surface area contributed by atoms with Crippen molar-refractivity contribution in [1.82, 2.24) is 4.72 Å². The summed E-state index contributed by atoms with van der Waals surface area (Å²) in [4.78, 5) is 11.3. The Morgan fingerprint density at radius 2 is 1.86 bits per heavy atom. The van der Waals surface area contributed by atoms with Gasteiger partial charge in [-0.25, -0.2) is 5.26 Å². The third-order valence-corrected chi connectivity index (χ3v) is 2.88. The minimum absolute atomic E-state index is 0. The van der Waals surface area contributed by atoms with E-state index in [1.165, 1.54) is 5.56 Å². The number of nitrogens with one attached hydrogen (secondary N) is 1. The number of aryl methyl sites for hydroxylation is 1. The fraction of sp³-hybridized carbons (Fsp3) is 0.0667. The summed E-state index contributed by atoms with van der Waals surface area (Å²) in [6.07, 6.45) is 2.76. The fourth-order valence-electron chi connectivity index (χ4n) is 1.77. The molecule has 21 heavy (non-hydrogen) atoms. The molecule has 0 aliphatic heterocycles. The monoisotopic (exact) mass is 637 g/mol. The van der Waals surface area contributed by atoms with Crippen molar-refractivity contribution in [1.29, 1.82) is 5.26 Å². The molecule has 0 fully saturated rings. The molecule has 0 heterocycles. The molecule has 107 valence electrons. The van der Waals surface area contributed by atoms with Crippen LogP contribution in [0.25, 0.3) is 10.8 Å². The number of nitriles is 1. The number of nitrogens with zero attached hydrogens (tertiary/aromatic N) is 1. The van der Waals surface area contributed by atoms with Crippen LogP contribution in [-0.4, -0.2) is 5.91 Å². The standard InChI is InChI=1S/C15H10N2OS.Re.W/c1-10-2-4-13-7-11(3-5-12(13)6-10)8-14(9-16)15(18)17-19;;/h2-7H,1H3,(H-,17,18,19);;/q-2;;. The molecule has 0 saturated heterocycles. The fourth-order valence-corrected chi connectivity index (χ4v) is 1.88. The van der Waals surface area contributed by atoms with E-state index >= 15 is 0 Å². The molecule has 3 nitrogen and oxygen atoms in total. The van der Waals surface area contributed by atoms with Gasteiger partial charge in [-0.2, -0.15) is 0 Å². The zero-order valence-electron chi connectivity index (χ0n) is 11.0. The van der Waals surface area contributed by atoms with E-state index in [0.29, 0.717) is 5.56 Å². The van der Waals surface area contributed by atoms with E-state index in [2.05, 4.69) is 25.0 Å². The molecular formula is C15H10N2OReSW-2. The number of carbonyl (C=O) groups is 1. The number of hydrogen-bond acceptors (Lipinski definition) is 3. The second-order valence-electron chi connectivity index (χ2n) is 4.11. The van der Waals surface area contributed by atoms with Crippen molar-refractivity contribution < 1.29 is 46.3 Å². The Kier molecular flexibility index (Phi) is 8.79. The summed E-state index contributed by atoms with van der Waals surface area (Å²) in [6.45, 7) is 2.03. The molecule has 0 atom stereocenters. The normalized spacial score (nSPS) is 10.0. The molecule has 1 N–H and O–H groups in total. The van der Waals surface area contributed by atoms with E-state index in [0.717, 1.165) is 10.8 Å². The van der Waals surface area contributed by atoms with Crippen LogP contribution in [0.1, 0.15) is 11.1 Å². The predicted molar refractivity (Wildman–Crippen MR) is 75.7 cm³/mol. The molecule has 0 saturated carbocycles. The van der Waals surface area contributed by atoms with Gasteiger partial charge in [-0.1, -0.05) is 35.2 Å². The molecule has 0 bridgehead atoms. The van der Waals surface area contributed by atoms with Gasteiger partial charge in [-0.3, -0.25) is 0 Å². The molecule has 2 aromatic carbocycles. The maximum absolute atomic E-state index is 11.3. The largest absolute Gasteiger partial charge is 0.677 e. The molecule has 2 rings (SSSR count). The maximum Gasteiger partial charge on any atom is 0.170 e. The predicted octanol–water partition coefficient (Wildman–Crippen LogP) is 2.32. The first-order chi connectivity index (χ1) is 9.13. The van der Waals surface area contributed by atoms with Crippen LogP contribution < -0.4 is 4.72 Å². The van der Waals surface area contributed by atoms with Gasteiger partial charge in [0.15, 0.2) is 5.91 Å². The Bertz CT molecular complexity index is 725. The van der Waals surface area contributed by atoms with E-state index in [1.54, 1.807) is 6.07 Å². The summed E-state index contributed by atoms with van der Waals surface area (Å²) in [7, 11) is 0. The second-order valence-corrected chi connectivity index (χ2v) is 4.31. The van der Waals surface area contributed by atoms with Crippen molar-refractivity contribution in [3.63, 3.8) is 0 Å². The van der Waals surface area contributed by atoms with Gasteiger partial charge < -0.3 is 22.3 Å². The Labute approximate surface area is 157 Å². The third-order valence-electron chi connectivity index (χ3n) is 2.70. The van der Waals surface area contributed by atoms with Crippen LogP contribution >= 0.6 is 0 Å². The SMILES string of the molecule is Cc1ccc2cc([C-]=C(C#N)C(=O)N[S-])ccc2c1.[Re].[W]. The van der Waals surface area contributed by atoms with Crippen molar-refractivity contribution in [3.05, 3.63) is 59.2 Å². The van der Waals surface area contributed by atoms with Crippen LogP contribution in [-0.2, 0) is 59.1 Å². The van der Waals surface area contributed by atoms with Gasteiger partial charge in [0, 0.05) is 53.1 Å². The van der Waals surface area contributed by atoms with Gasteiger partial charge in [0.05, 0.1) is 0 Å².